The van der Waals surface area contributed by atoms with Crippen molar-refractivity contribution in [1.29, 1.82) is 0 Å². The molecule has 3 heterocycles. The maximum Gasteiger partial charge on any atom is 0.272 e. The molecule has 0 saturated carbocycles. The molecule has 1 saturated heterocycles. The highest BCUT2D eigenvalue weighted by atomic mass is 16.3. The third-order valence-electron chi connectivity index (χ3n) is 4.55. The van der Waals surface area contributed by atoms with Gasteiger partial charge in [-0.15, -0.1) is 0 Å². The number of rotatable bonds is 4. The zero-order valence-electron chi connectivity index (χ0n) is 14.4. The van der Waals surface area contributed by atoms with Crippen molar-refractivity contribution in [1.82, 2.24) is 25.2 Å². The Balaban J connectivity index is 1.38. The first-order chi connectivity index (χ1) is 13.1. The van der Waals surface area contributed by atoms with E-state index in [1.807, 2.05) is 24.3 Å². The fourth-order valence-corrected chi connectivity index (χ4v) is 3.14. The molecule has 0 atom stereocenters. The third kappa shape index (κ3) is 3.34. The van der Waals surface area contributed by atoms with Gasteiger partial charge < -0.3 is 15.3 Å². The molecule has 0 unspecified atom stereocenters. The van der Waals surface area contributed by atoms with E-state index in [0.717, 1.165) is 10.8 Å². The number of fused-ring (bicyclic) bond motifs is 1. The molecule has 8 heteroatoms. The fraction of sp³-hybridized carbons (Fsp3) is 0.211. The molecule has 1 aliphatic heterocycles. The summed E-state index contributed by atoms with van der Waals surface area (Å²) in [5.41, 5.74) is -0.432. The third-order valence-corrected chi connectivity index (χ3v) is 4.55. The lowest BCUT2D eigenvalue weighted by atomic mass is 9.93. The standard InChI is InChI=1S/C19H17N5O3/c25-17(15-8-21-7-13-3-1-2-4-14(13)15)22-9-19(27)10-24(11-19)18(26)16-5-6-20-12-23-16/h1-8,12,27H,9-11H2,(H,22,25). The average Bonchev–Trinajstić information content (AvgIpc) is 2.69. The number of aromatic nitrogens is 3. The summed E-state index contributed by atoms with van der Waals surface area (Å²) in [4.78, 5) is 38.0. The minimum absolute atomic E-state index is 0.0443. The predicted octanol–water partition coefficient (Wildman–Crippen LogP) is 0.642. The number of pyridine rings is 1. The van der Waals surface area contributed by atoms with Crippen molar-refractivity contribution in [2.75, 3.05) is 19.6 Å². The van der Waals surface area contributed by atoms with Crippen LogP contribution in [-0.4, -0.2) is 62.0 Å². The van der Waals surface area contributed by atoms with Crippen LogP contribution in [-0.2, 0) is 0 Å². The SMILES string of the molecule is O=C(NCC1(O)CN(C(=O)c2ccncn2)C1)c1cncc2ccccc12. The van der Waals surface area contributed by atoms with Gasteiger partial charge in [-0.25, -0.2) is 9.97 Å². The van der Waals surface area contributed by atoms with Crippen LogP contribution in [0.15, 0.2) is 55.2 Å². The topological polar surface area (TPSA) is 108 Å². The van der Waals surface area contributed by atoms with Crippen LogP contribution < -0.4 is 5.32 Å². The molecule has 1 aliphatic rings. The number of carbonyl (C=O) groups is 2. The first kappa shape index (κ1) is 17.0. The van der Waals surface area contributed by atoms with Crippen molar-refractivity contribution >= 4 is 22.6 Å². The molecule has 8 nitrogen and oxygen atoms in total. The quantitative estimate of drug-likeness (QED) is 0.704. The summed E-state index contributed by atoms with van der Waals surface area (Å²) >= 11 is 0. The molecular weight excluding hydrogens is 346 g/mol. The second kappa shape index (κ2) is 6.73. The molecule has 2 N–H and O–H groups in total. The molecule has 0 spiro atoms. The van der Waals surface area contributed by atoms with Crippen molar-refractivity contribution in [2.24, 2.45) is 0 Å². The Hall–Kier alpha value is -3.39. The Bertz CT molecular complexity index is 997. The lowest BCUT2D eigenvalue weighted by Gasteiger charge is -2.46. The second-order valence-electron chi connectivity index (χ2n) is 6.57. The van der Waals surface area contributed by atoms with E-state index in [4.69, 9.17) is 0 Å². The smallest absolute Gasteiger partial charge is 0.272 e. The number of nitrogens with zero attached hydrogens (tertiary/aromatic N) is 4. The fourth-order valence-electron chi connectivity index (χ4n) is 3.14. The molecule has 1 aromatic carbocycles. The molecule has 0 aliphatic carbocycles. The Morgan fingerprint density at radius 3 is 2.74 bits per heavy atom. The molecule has 27 heavy (non-hydrogen) atoms. The van der Waals surface area contributed by atoms with Crippen LogP contribution in [0, 0.1) is 0 Å². The number of nitrogens with one attached hydrogen (secondary N) is 1. The summed E-state index contributed by atoms with van der Waals surface area (Å²) in [7, 11) is 0. The number of benzene rings is 1. The molecular formula is C19H17N5O3. The van der Waals surface area contributed by atoms with Gasteiger partial charge in [0.05, 0.1) is 25.2 Å². The van der Waals surface area contributed by atoms with E-state index in [2.05, 4.69) is 20.3 Å². The van der Waals surface area contributed by atoms with Gasteiger partial charge in [0.25, 0.3) is 11.8 Å². The van der Waals surface area contributed by atoms with Gasteiger partial charge >= 0.3 is 0 Å². The van der Waals surface area contributed by atoms with Crippen molar-refractivity contribution in [3.05, 3.63) is 66.5 Å². The van der Waals surface area contributed by atoms with Crippen molar-refractivity contribution in [3.63, 3.8) is 0 Å². The van der Waals surface area contributed by atoms with Gasteiger partial charge in [0.1, 0.15) is 17.6 Å². The molecule has 0 radical (unpaired) electrons. The molecule has 136 valence electrons. The largest absolute Gasteiger partial charge is 0.384 e. The first-order valence-electron chi connectivity index (χ1n) is 8.44. The summed E-state index contributed by atoms with van der Waals surface area (Å²) < 4.78 is 0. The predicted molar refractivity (Wildman–Crippen MR) is 97.0 cm³/mol. The van der Waals surface area contributed by atoms with Gasteiger partial charge in [-0.05, 0) is 11.5 Å². The Morgan fingerprint density at radius 2 is 1.96 bits per heavy atom. The Morgan fingerprint density at radius 1 is 1.15 bits per heavy atom. The average molecular weight is 363 g/mol. The molecule has 4 rings (SSSR count). The van der Waals surface area contributed by atoms with Crippen molar-refractivity contribution < 1.29 is 14.7 Å². The zero-order valence-corrected chi connectivity index (χ0v) is 14.4. The molecule has 2 amide bonds. The zero-order chi connectivity index (χ0) is 18.9. The van der Waals surface area contributed by atoms with Gasteiger partial charge in [-0.2, -0.15) is 0 Å². The van der Waals surface area contributed by atoms with Gasteiger partial charge in [0, 0.05) is 24.0 Å². The number of β-amino-alcohol motifs (C(OH)–C–C–N with tert-alkyl or cyclic N) is 1. The summed E-state index contributed by atoms with van der Waals surface area (Å²) in [6.45, 7) is 0.302. The summed E-state index contributed by atoms with van der Waals surface area (Å²) in [5.74, 6) is -0.583. The minimum atomic E-state index is -1.16. The number of likely N-dealkylation sites (tertiary alicyclic amines) is 1. The monoisotopic (exact) mass is 363 g/mol. The van der Waals surface area contributed by atoms with E-state index in [1.165, 1.54) is 29.7 Å². The van der Waals surface area contributed by atoms with E-state index in [-0.39, 0.29) is 37.1 Å². The molecule has 0 bridgehead atoms. The van der Waals surface area contributed by atoms with Crippen molar-refractivity contribution in [3.8, 4) is 0 Å². The number of aliphatic hydroxyl groups is 1. The summed E-state index contributed by atoms with van der Waals surface area (Å²) in [5, 5.41) is 14.9. The number of carbonyl (C=O) groups excluding carboxylic acids is 2. The van der Waals surface area contributed by atoms with Crippen LogP contribution in [0.5, 0.6) is 0 Å². The Kier molecular flexibility index (Phi) is 4.25. The summed E-state index contributed by atoms with van der Waals surface area (Å²) in [6, 6.07) is 9.00. The van der Waals surface area contributed by atoms with Crippen LogP contribution in [0.3, 0.4) is 0 Å². The van der Waals surface area contributed by atoms with Crippen LogP contribution in [0.2, 0.25) is 0 Å². The highest BCUT2D eigenvalue weighted by Gasteiger charge is 2.44. The van der Waals surface area contributed by atoms with Gasteiger partial charge in [0.2, 0.25) is 0 Å². The van der Waals surface area contributed by atoms with E-state index < -0.39 is 5.60 Å². The van der Waals surface area contributed by atoms with E-state index in [0.29, 0.717) is 5.56 Å². The van der Waals surface area contributed by atoms with E-state index >= 15 is 0 Å². The second-order valence-corrected chi connectivity index (χ2v) is 6.57. The van der Waals surface area contributed by atoms with E-state index in [9.17, 15) is 14.7 Å². The van der Waals surface area contributed by atoms with E-state index in [1.54, 1.807) is 6.20 Å². The van der Waals surface area contributed by atoms with Gasteiger partial charge in [-0.1, -0.05) is 24.3 Å². The first-order valence-corrected chi connectivity index (χ1v) is 8.44. The Labute approximate surface area is 154 Å². The highest BCUT2D eigenvalue weighted by molar-refractivity contribution is 6.06. The lowest BCUT2D eigenvalue weighted by molar-refractivity contribution is -0.0774. The van der Waals surface area contributed by atoms with Crippen LogP contribution in [0.4, 0.5) is 0 Å². The number of amides is 2. The maximum atomic E-state index is 12.5. The van der Waals surface area contributed by atoms with Crippen LogP contribution in [0.25, 0.3) is 10.8 Å². The van der Waals surface area contributed by atoms with Crippen LogP contribution in [0.1, 0.15) is 20.8 Å². The molecule has 3 aromatic rings. The number of hydrogen-bond acceptors (Lipinski definition) is 6. The normalized spacial score (nSPS) is 15.2. The van der Waals surface area contributed by atoms with Crippen molar-refractivity contribution in [2.45, 2.75) is 5.60 Å². The molecule has 2 aromatic heterocycles. The maximum absolute atomic E-state index is 12.5. The lowest BCUT2D eigenvalue weighted by Crippen LogP contribution is -2.67. The highest BCUT2D eigenvalue weighted by Crippen LogP contribution is 2.22. The van der Waals surface area contributed by atoms with Crippen LogP contribution >= 0.6 is 0 Å². The van der Waals surface area contributed by atoms with Gasteiger partial charge in [-0.3, -0.25) is 14.6 Å². The molecule has 1 fully saturated rings. The summed E-state index contributed by atoms with van der Waals surface area (Å²) in [6.07, 6.45) is 6.00. The van der Waals surface area contributed by atoms with Gasteiger partial charge in [0.15, 0.2) is 0 Å². The number of hydrogen-bond donors (Lipinski definition) is 2. The minimum Gasteiger partial charge on any atom is -0.384 e.